The molecular formula is C13H20F3NO4S. The second-order valence-electron chi connectivity index (χ2n) is 6.12. The second-order valence-corrected chi connectivity index (χ2v) is 8.52. The molecule has 2 rings (SSSR count). The molecule has 1 amide bonds. The van der Waals surface area contributed by atoms with Crippen LogP contribution in [0.5, 0.6) is 0 Å². The quantitative estimate of drug-likeness (QED) is 0.834. The van der Waals surface area contributed by atoms with Crippen molar-refractivity contribution < 1.29 is 31.5 Å². The average molecular weight is 343 g/mol. The molecule has 0 unspecified atom stereocenters. The summed E-state index contributed by atoms with van der Waals surface area (Å²) in [4.78, 5) is 12.8. The first-order valence-corrected chi connectivity index (χ1v) is 9.05. The van der Waals surface area contributed by atoms with Gasteiger partial charge in [-0.1, -0.05) is 12.8 Å². The van der Waals surface area contributed by atoms with Crippen LogP contribution in [-0.4, -0.2) is 60.2 Å². The van der Waals surface area contributed by atoms with Gasteiger partial charge >= 0.3 is 6.18 Å². The Morgan fingerprint density at radius 3 is 2.36 bits per heavy atom. The predicted octanol–water partition coefficient (Wildman–Crippen LogP) is 1.26. The zero-order valence-electron chi connectivity index (χ0n) is 12.1. The first-order valence-electron chi connectivity index (χ1n) is 7.34. The molecule has 2 aliphatic rings. The third-order valence-electron chi connectivity index (χ3n) is 4.54. The molecule has 1 aliphatic carbocycles. The van der Waals surface area contributed by atoms with Gasteiger partial charge in [0.05, 0.1) is 17.5 Å². The van der Waals surface area contributed by atoms with E-state index in [2.05, 4.69) is 0 Å². The number of sulfone groups is 1. The van der Waals surface area contributed by atoms with Crippen LogP contribution in [0, 0.1) is 0 Å². The molecule has 1 atom stereocenters. The summed E-state index contributed by atoms with van der Waals surface area (Å²) < 4.78 is 62.1. The van der Waals surface area contributed by atoms with Gasteiger partial charge in [-0.25, -0.2) is 8.42 Å². The lowest BCUT2D eigenvalue weighted by molar-refractivity contribution is -0.253. The van der Waals surface area contributed by atoms with Gasteiger partial charge in [-0.15, -0.1) is 0 Å². The fourth-order valence-corrected chi connectivity index (χ4v) is 4.88. The van der Waals surface area contributed by atoms with E-state index in [1.54, 1.807) is 0 Å². The topological polar surface area (TPSA) is 74.7 Å². The number of β-amino-alcohol motifs (C(OH)–C–C–N with tert-alkyl or cyclic N) is 1. The smallest absolute Gasteiger partial charge is 0.379 e. The number of amides is 1. The lowest BCUT2D eigenvalue weighted by Gasteiger charge is -2.26. The molecule has 22 heavy (non-hydrogen) atoms. The molecule has 0 aromatic rings. The molecule has 1 saturated carbocycles. The maximum atomic E-state index is 12.7. The van der Waals surface area contributed by atoms with Crippen LogP contribution in [0.2, 0.25) is 0 Å². The molecule has 1 heterocycles. The molecule has 1 aliphatic heterocycles. The van der Waals surface area contributed by atoms with Crippen molar-refractivity contribution >= 4 is 15.7 Å². The van der Waals surface area contributed by atoms with E-state index in [0.717, 1.165) is 17.7 Å². The van der Waals surface area contributed by atoms with Crippen LogP contribution in [0.4, 0.5) is 13.2 Å². The van der Waals surface area contributed by atoms with Crippen molar-refractivity contribution in [2.24, 2.45) is 0 Å². The molecular weight excluding hydrogens is 323 g/mol. The largest absolute Gasteiger partial charge is 0.419 e. The zero-order chi connectivity index (χ0) is 16.6. The second kappa shape index (κ2) is 5.99. The number of likely N-dealkylation sites (tertiary alicyclic amines) is 1. The van der Waals surface area contributed by atoms with Gasteiger partial charge in [-0.2, -0.15) is 13.2 Å². The zero-order valence-corrected chi connectivity index (χ0v) is 12.9. The summed E-state index contributed by atoms with van der Waals surface area (Å²) in [6, 6.07) is 0. The summed E-state index contributed by atoms with van der Waals surface area (Å²) in [5.74, 6) is -0.987. The van der Waals surface area contributed by atoms with E-state index in [0.29, 0.717) is 12.8 Å². The molecule has 2 fully saturated rings. The Hall–Kier alpha value is -0.830. The normalized spacial score (nSPS) is 27.5. The summed E-state index contributed by atoms with van der Waals surface area (Å²) >= 11 is 0. The van der Waals surface area contributed by atoms with Gasteiger partial charge in [0.1, 0.15) is 0 Å². The number of halogens is 3. The molecule has 0 radical (unpaired) electrons. The SMILES string of the molecule is O=C(CCS(=O)(=O)C1CCCC1)N1CC[C@](O)(C(F)(F)F)C1. The Labute approximate surface area is 127 Å². The standard InChI is InChI=1S/C13H20F3NO4S/c14-13(15,16)12(19)6-7-17(9-12)11(18)5-8-22(20,21)10-3-1-2-4-10/h10,19H,1-9H2/t12-/m1/s1. The number of alkyl halides is 3. The molecule has 1 saturated heterocycles. The van der Waals surface area contributed by atoms with Crippen molar-refractivity contribution in [3.8, 4) is 0 Å². The minimum absolute atomic E-state index is 0.210. The molecule has 0 aromatic carbocycles. The number of hydrogen-bond acceptors (Lipinski definition) is 4. The Balaban J connectivity index is 1.89. The Morgan fingerprint density at radius 2 is 1.86 bits per heavy atom. The number of carbonyl (C=O) groups is 1. The van der Waals surface area contributed by atoms with Crippen molar-refractivity contribution in [3.05, 3.63) is 0 Å². The molecule has 9 heteroatoms. The highest BCUT2D eigenvalue weighted by molar-refractivity contribution is 7.92. The van der Waals surface area contributed by atoms with Crippen molar-refractivity contribution in [1.29, 1.82) is 0 Å². The van der Waals surface area contributed by atoms with Gasteiger partial charge in [0.15, 0.2) is 15.4 Å². The molecule has 0 bridgehead atoms. The Kier molecular flexibility index (Phi) is 4.77. The van der Waals surface area contributed by atoms with Crippen LogP contribution in [0.3, 0.4) is 0 Å². The van der Waals surface area contributed by atoms with E-state index in [4.69, 9.17) is 0 Å². The van der Waals surface area contributed by atoms with Gasteiger partial charge in [0, 0.05) is 19.4 Å². The maximum Gasteiger partial charge on any atom is 0.419 e. The van der Waals surface area contributed by atoms with Crippen molar-refractivity contribution in [1.82, 2.24) is 4.90 Å². The summed E-state index contributed by atoms with van der Waals surface area (Å²) in [7, 11) is -3.37. The van der Waals surface area contributed by atoms with E-state index >= 15 is 0 Å². The van der Waals surface area contributed by atoms with Crippen LogP contribution in [0.25, 0.3) is 0 Å². The van der Waals surface area contributed by atoms with Gasteiger partial charge in [-0.05, 0) is 12.8 Å². The maximum absolute atomic E-state index is 12.7. The minimum Gasteiger partial charge on any atom is -0.379 e. The van der Waals surface area contributed by atoms with E-state index < -0.39 is 45.7 Å². The molecule has 128 valence electrons. The van der Waals surface area contributed by atoms with E-state index in [9.17, 15) is 31.5 Å². The Morgan fingerprint density at radius 1 is 1.27 bits per heavy atom. The van der Waals surface area contributed by atoms with Crippen LogP contribution < -0.4 is 0 Å². The number of carbonyl (C=O) groups excluding carboxylic acids is 1. The van der Waals surface area contributed by atoms with E-state index in [1.807, 2.05) is 0 Å². The molecule has 5 nitrogen and oxygen atoms in total. The lowest BCUT2D eigenvalue weighted by Crippen LogP contribution is -2.48. The van der Waals surface area contributed by atoms with E-state index in [1.165, 1.54) is 0 Å². The molecule has 0 spiro atoms. The highest BCUT2D eigenvalue weighted by Gasteiger charge is 2.57. The predicted molar refractivity (Wildman–Crippen MR) is 72.9 cm³/mol. The average Bonchev–Trinajstić information content (AvgIpc) is 3.05. The van der Waals surface area contributed by atoms with Gasteiger partial charge in [0.25, 0.3) is 0 Å². The highest BCUT2D eigenvalue weighted by Crippen LogP contribution is 2.37. The van der Waals surface area contributed by atoms with E-state index in [-0.39, 0.29) is 18.7 Å². The summed E-state index contributed by atoms with van der Waals surface area (Å²) in [6.45, 7) is -1.03. The number of nitrogens with zero attached hydrogens (tertiary/aromatic N) is 1. The van der Waals surface area contributed by atoms with Crippen molar-refractivity contribution in [3.63, 3.8) is 0 Å². The summed E-state index contributed by atoms with van der Waals surface area (Å²) in [5, 5.41) is 9.09. The van der Waals surface area contributed by atoms with Gasteiger partial charge < -0.3 is 10.0 Å². The van der Waals surface area contributed by atoms with Gasteiger partial charge in [-0.3, -0.25) is 4.79 Å². The monoisotopic (exact) mass is 343 g/mol. The summed E-state index contributed by atoms with van der Waals surface area (Å²) in [6.07, 6.45) is -2.81. The number of aliphatic hydroxyl groups is 1. The summed E-state index contributed by atoms with van der Waals surface area (Å²) in [5.41, 5.74) is -2.88. The first kappa shape index (κ1) is 17.5. The third-order valence-corrected chi connectivity index (χ3v) is 6.80. The lowest BCUT2D eigenvalue weighted by atomic mass is 10.0. The highest BCUT2D eigenvalue weighted by atomic mass is 32.2. The van der Waals surface area contributed by atoms with Crippen LogP contribution in [-0.2, 0) is 14.6 Å². The third kappa shape index (κ3) is 3.56. The fourth-order valence-electron chi connectivity index (χ4n) is 3.04. The number of hydrogen-bond donors (Lipinski definition) is 1. The van der Waals surface area contributed by atoms with Gasteiger partial charge in [0.2, 0.25) is 5.91 Å². The fraction of sp³-hybridized carbons (Fsp3) is 0.923. The molecule has 0 aromatic heterocycles. The van der Waals surface area contributed by atoms with Crippen molar-refractivity contribution in [2.75, 3.05) is 18.8 Å². The first-order chi connectivity index (χ1) is 10.1. The van der Waals surface area contributed by atoms with Crippen LogP contribution in [0.1, 0.15) is 38.5 Å². The number of rotatable bonds is 4. The Bertz CT molecular complexity index is 528. The molecule has 1 N–H and O–H groups in total. The van der Waals surface area contributed by atoms with Crippen LogP contribution >= 0.6 is 0 Å². The minimum atomic E-state index is -4.79. The van der Waals surface area contributed by atoms with Crippen molar-refractivity contribution in [2.45, 2.75) is 55.6 Å². The van der Waals surface area contributed by atoms with Crippen LogP contribution in [0.15, 0.2) is 0 Å².